The number of hydrogen-bond acceptors (Lipinski definition) is 3. The van der Waals surface area contributed by atoms with E-state index in [2.05, 4.69) is 0 Å². The second-order valence-electron chi connectivity index (χ2n) is 4.84. The lowest BCUT2D eigenvalue weighted by Crippen LogP contribution is -2.51. The highest BCUT2D eigenvalue weighted by molar-refractivity contribution is 7.89. The van der Waals surface area contributed by atoms with Gasteiger partial charge in [0, 0.05) is 19.1 Å². The van der Waals surface area contributed by atoms with Crippen molar-refractivity contribution in [2.45, 2.75) is 37.6 Å². The third-order valence-corrected chi connectivity index (χ3v) is 5.62. The van der Waals surface area contributed by atoms with E-state index in [-0.39, 0.29) is 0 Å². The van der Waals surface area contributed by atoms with E-state index in [0.29, 0.717) is 17.9 Å². The Hall–Kier alpha value is -0.910. The molecule has 18 heavy (non-hydrogen) atoms. The summed E-state index contributed by atoms with van der Waals surface area (Å²) >= 11 is 0. The monoisotopic (exact) mass is 270 g/mol. The van der Waals surface area contributed by atoms with Gasteiger partial charge in [0.15, 0.2) is 0 Å². The van der Waals surface area contributed by atoms with Crippen LogP contribution in [0.4, 0.5) is 0 Å². The second-order valence-corrected chi connectivity index (χ2v) is 6.81. The van der Waals surface area contributed by atoms with Gasteiger partial charge >= 0.3 is 0 Å². The van der Waals surface area contributed by atoms with Crippen LogP contribution in [0.1, 0.15) is 25.8 Å². The van der Waals surface area contributed by atoms with Gasteiger partial charge in [-0.05, 0) is 38.0 Å². The van der Waals surface area contributed by atoms with E-state index in [1.807, 2.05) is 26.8 Å². The molecule has 0 radical (unpaired) electrons. The summed E-state index contributed by atoms with van der Waals surface area (Å²) in [5.74, 6) is 0. The van der Waals surface area contributed by atoms with Crippen molar-refractivity contribution in [3.8, 4) is 0 Å². The van der Waals surface area contributed by atoms with Gasteiger partial charge in [0.25, 0.3) is 0 Å². The molecule has 0 spiro atoms. The molecule has 1 atom stereocenters. The Bertz CT molecular complexity index is 507. The van der Waals surface area contributed by atoms with Crippen molar-refractivity contribution in [3.05, 3.63) is 29.8 Å². The zero-order chi connectivity index (χ0) is 14.0. The van der Waals surface area contributed by atoms with Crippen LogP contribution in [-0.4, -0.2) is 31.9 Å². The Morgan fingerprint density at radius 2 is 2.00 bits per heavy atom. The number of rotatable bonds is 5. The molecule has 0 aromatic heterocycles. The minimum absolute atomic E-state index is 0.297. The average Bonchev–Trinajstić information content (AvgIpc) is 2.37. The molecular weight excluding hydrogens is 248 g/mol. The van der Waals surface area contributed by atoms with E-state index in [0.717, 1.165) is 5.56 Å². The topological polar surface area (TPSA) is 63.4 Å². The van der Waals surface area contributed by atoms with Crippen LogP contribution in [0.2, 0.25) is 0 Å². The average molecular weight is 270 g/mol. The van der Waals surface area contributed by atoms with Crippen molar-refractivity contribution in [1.82, 2.24) is 4.31 Å². The molecule has 0 saturated carbocycles. The van der Waals surface area contributed by atoms with Gasteiger partial charge in [0.05, 0.1) is 4.90 Å². The summed E-state index contributed by atoms with van der Waals surface area (Å²) in [7, 11) is -1.90. The van der Waals surface area contributed by atoms with Gasteiger partial charge in [-0.15, -0.1) is 0 Å². The van der Waals surface area contributed by atoms with E-state index < -0.39 is 15.6 Å². The zero-order valence-corrected chi connectivity index (χ0v) is 12.3. The first-order valence-electron chi connectivity index (χ1n) is 6.03. The Kier molecular flexibility index (Phi) is 4.53. The highest BCUT2D eigenvalue weighted by Crippen LogP contribution is 2.25. The summed E-state index contributed by atoms with van der Waals surface area (Å²) in [6.45, 7) is 5.97. The predicted octanol–water partition coefficient (Wildman–Crippen LogP) is 1.74. The molecule has 0 fully saturated rings. The normalized spacial score (nSPS) is 15.7. The number of likely N-dealkylation sites (N-methyl/N-ethyl adjacent to an activating group) is 1. The SMILES string of the molecule is CCC(C)(CN)N(C)S(=O)(=O)c1cccc(C)c1. The summed E-state index contributed by atoms with van der Waals surface area (Å²) in [5.41, 5.74) is 6.09. The van der Waals surface area contributed by atoms with Gasteiger partial charge in [0.2, 0.25) is 10.0 Å². The highest BCUT2D eigenvalue weighted by Gasteiger charge is 2.35. The van der Waals surface area contributed by atoms with Crippen LogP contribution in [-0.2, 0) is 10.0 Å². The number of hydrogen-bond donors (Lipinski definition) is 1. The van der Waals surface area contributed by atoms with Crippen molar-refractivity contribution in [3.63, 3.8) is 0 Å². The third-order valence-electron chi connectivity index (χ3n) is 3.61. The van der Waals surface area contributed by atoms with Gasteiger partial charge in [-0.1, -0.05) is 19.1 Å². The number of aryl methyl sites for hydroxylation is 1. The Morgan fingerprint density at radius 1 is 1.39 bits per heavy atom. The van der Waals surface area contributed by atoms with Gasteiger partial charge in [-0.25, -0.2) is 8.42 Å². The largest absolute Gasteiger partial charge is 0.329 e. The molecule has 4 nitrogen and oxygen atoms in total. The van der Waals surface area contributed by atoms with Gasteiger partial charge in [-0.2, -0.15) is 4.31 Å². The summed E-state index contributed by atoms with van der Waals surface area (Å²) in [6.07, 6.45) is 0.672. The molecule has 0 heterocycles. The molecule has 1 aromatic carbocycles. The molecule has 0 amide bonds. The van der Waals surface area contributed by atoms with Crippen LogP contribution in [0, 0.1) is 6.92 Å². The second kappa shape index (κ2) is 5.38. The molecule has 1 rings (SSSR count). The highest BCUT2D eigenvalue weighted by atomic mass is 32.2. The molecule has 0 aliphatic carbocycles. The van der Waals surface area contributed by atoms with E-state index in [1.54, 1.807) is 25.2 Å². The van der Waals surface area contributed by atoms with E-state index in [1.165, 1.54) is 4.31 Å². The quantitative estimate of drug-likeness (QED) is 0.886. The molecule has 1 unspecified atom stereocenters. The van der Waals surface area contributed by atoms with Crippen molar-refractivity contribution in [1.29, 1.82) is 0 Å². The fourth-order valence-electron chi connectivity index (χ4n) is 1.72. The summed E-state index contributed by atoms with van der Waals surface area (Å²) in [6, 6.07) is 6.92. The lowest BCUT2D eigenvalue weighted by atomic mass is 10.00. The molecule has 2 N–H and O–H groups in total. The molecular formula is C13H22N2O2S. The number of nitrogens with zero attached hydrogens (tertiary/aromatic N) is 1. The smallest absolute Gasteiger partial charge is 0.243 e. The van der Waals surface area contributed by atoms with Crippen LogP contribution in [0.25, 0.3) is 0 Å². The maximum absolute atomic E-state index is 12.5. The minimum Gasteiger partial charge on any atom is -0.329 e. The zero-order valence-electron chi connectivity index (χ0n) is 11.5. The first-order chi connectivity index (χ1) is 8.28. The predicted molar refractivity (Wildman–Crippen MR) is 73.9 cm³/mol. The Labute approximate surface area is 110 Å². The molecule has 5 heteroatoms. The van der Waals surface area contributed by atoms with E-state index in [9.17, 15) is 8.42 Å². The van der Waals surface area contributed by atoms with Gasteiger partial charge in [0.1, 0.15) is 0 Å². The fraction of sp³-hybridized carbons (Fsp3) is 0.538. The first kappa shape index (κ1) is 15.1. The minimum atomic E-state index is -3.49. The standard InChI is InChI=1S/C13H22N2O2S/c1-5-13(3,10-14)15(4)18(16,17)12-8-6-7-11(2)9-12/h6-9H,5,10,14H2,1-4H3. The van der Waals surface area contributed by atoms with Crippen LogP contribution in [0.3, 0.4) is 0 Å². The van der Waals surface area contributed by atoms with Crippen LogP contribution in [0.15, 0.2) is 29.2 Å². The van der Waals surface area contributed by atoms with Crippen LogP contribution in [0.5, 0.6) is 0 Å². The summed E-state index contributed by atoms with van der Waals surface area (Å²) in [5, 5.41) is 0. The molecule has 102 valence electrons. The van der Waals surface area contributed by atoms with Crippen molar-refractivity contribution >= 4 is 10.0 Å². The van der Waals surface area contributed by atoms with Crippen molar-refractivity contribution in [2.75, 3.05) is 13.6 Å². The van der Waals surface area contributed by atoms with Crippen molar-refractivity contribution in [2.24, 2.45) is 5.73 Å². The Morgan fingerprint density at radius 3 is 2.44 bits per heavy atom. The maximum atomic E-state index is 12.5. The molecule has 0 aliphatic rings. The number of benzene rings is 1. The molecule has 0 bridgehead atoms. The molecule has 1 aromatic rings. The fourth-order valence-corrected chi connectivity index (χ4v) is 3.41. The van der Waals surface area contributed by atoms with E-state index >= 15 is 0 Å². The van der Waals surface area contributed by atoms with Gasteiger partial charge in [-0.3, -0.25) is 0 Å². The molecule has 0 saturated heterocycles. The lowest BCUT2D eigenvalue weighted by Gasteiger charge is -2.36. The Balaban J connectivity index is 3.23. The summed E-state index contributed by atoms with van der Waals surface area (Å²) < 4.78 is 26.4. The van der Waals surface area contributed by atoms with Gasteiger partial charge < -0.3 is 5.73 Å². The number of sulfonamides is 1. The first-order valence-corrected chi connectivity index (χ1v) is 7.47. The maximum Gasteiger partial charge on any atom is 0.243 e. The van der Waals surface area contributed by atoms with Crippen LogP contribution < -0.4 is 5.73 Å². The van der Waals surface area contributed by atoms with Crippen molar-refractivity contribution < 1.29 is 8.42 Å². The summed E-state index contributed by atoms with van der Waals surface area (Å²) in [4.78, 5) is 0.318. The molecule has 0 aliphatic heterocycles. The van der Waals surface area contributed by atoms with E-state index in [4.69, 9.17) is 5.73 Å². The lowest BCUT2D eigenvalue weighted by molar-refractivity contribution is 0.240. The van der Waals surface area contributed by atoms with Crippen LogP contribution >= 0.6 is 0 Å². The number of nitrogens with two attached hydrogens (primary N) is 1. The third kappa shape index (κ3) is 2.74.